The number of ketones is 1. The van der Waals surface area contributed by atoms with Gasteiger partial charge in [-0.1, -0.05) is 30.0 Å². The topological polar surface area (TPSA) is 77.3 Å². The van der Waals surface area contributed by atoms with E-state index in [1.165, 1.54) is 23.1 Å². The lowest BCUT2D eigenvalue weighted by Crippen LogP contribution is -2.32. The van der Waals surface area contributed by atoms with E-state index in [9.17, 15) is 9.59 Å². The Labute approximate surface area is 195 Å². The van der Waals surface area contributed by atoms with Crippen molar-refractivity contribution in [2.75, 3.05) is 17.8 Å². The molecule has 32 heavy (non-hydrogen) atoms. The largest absolute Gasteiger partial charge is 0.497 e. The molecule has 0 unspecified atom stereocenters. The summed E-state index contributed by atoms with van der Waals surface area (Å²) in [4.78, 5) is 27.0. The summed E-state index contributed by atoms with van der Waals surface area (Å²) < 4.78 is 8.01. The second-order valence-corrected chi connectivity index (χ2v) is 9.91. The van der Waals surface area contributed by atoms with Crippen LogP contribution in [0.3, 0.4) is 0 Å². The van der Waals surface area contributed by atoms with Crippen molar-refractivity contribution in [3.8, 4) is 11.4 Å². The molecule has 9 heteroatoms. The molecule has 0 radical (unpaired) electrons. The highest BCUT2D eigenvalue weighted by molar-refractivity contribution is 8.01. The van der Waals surface area contributed by atoms with Gasteiger partial charge in [0.15, 0.2) is 10.1 Å². The Morgan fingerprint density at radius 2 is 1.94 bits per heavy atom. The quantitative estimate of drug-likeness (QED) is 0.253. The minimum absolute atomic E-state index is 0.0447. The van der Waals surface area contributed by atoms with Gasteiger partial charge in [-0.05, 0) is 57.0 Å². The molecule has 1 aliphatic rings. The summed E-state index contributed by atoms with van der Waals surface area (Å²) in [5.74, 6) is 1.18. The second kappa shape index (κ2) is 9.46. The zero-order valence-corrected chi connectivity index (χ0v) is 20.3. The molecule has 1 saturated carbocycles. The van der Waals surface area contributed by atoms with Crippen molar-refractivity contribution < 1.29 is 14.3 Å². The van der Waals surface area contributed by atoms with Gasteiger partial charge in [-0.25, -0.2) is 0 Å². The van der Waals surface area contributed by atoms with Gasteiger partial charge in [-0.3, -0.25) is 14.5 Å². The Balaban J connectivity index is 1.46. The van der Waals surface area contributed by atoms with E-state index in [2.05, 4.69) is 14.8 Å². The average molecular weight is 471 g/mol. The number of carbonyl (C=O) groups is 2. The number of hydrogen-bond acceptors (Lipinski definition) is 7. The fourth-order valence-electron chi connectivity index (χ4n) is 3.71. The van der Waals surface area contributed by atoms with E-state index in [-0.39, 0.29) is 23.5 Å². The fraction of sp³-hybridized carbons (Fsp3) is 0.391. The summed E-state index contributed by atoms with van der Waals surface area (Å²) in [5.41, 5.74) is 3.60. The molecule has 1 fully saturated rings. The number of ether oxygens (including phenoxy) is 1. The van der Waals surface area contributed by atoms with Crippen LogP contribution in [-0.2, 0) is 4.79 Å². The molecule has 2 aromatic heterocycles. The minimum Gasteiger partial charge on any atom is -0.497 e. The highest BCUT2D eigenvalue weighted by Crippen LogP contribution is 2.36. The minimum atomic E-state index is 0.0447. The van der Waals surface area contributed by atoms with Gasteiger partial charge in [0.05, 0.1) is 12.9 Å². The van der Waals surface area contributed by atoms with Crippen LogP contribution in [-0.4, -0.2) is 45.4 Å². The number of anilines is 1. The highest BCUT2D eigenvalue weighted by Gasteiger charge is 2.35. The number of rotatable bonds is 9. The molecular weight excluding hydrogens is 444 g/mol. The molecule has 0 aliphatic heterocycles. The number of aryl methyl sites for hydroxylation is 1. The zero-order valence-electron chi connectivity index (χ0n) is 18.6. The predicted octanol–water partition coefficient (Wildman–Crippen LogP) is 4.83. The maximum atomic E-state index is 13.0. The number of aromatic nitrogens is 3. The molecule has 0 bridgehead atoms. The zero-order chi connectivity index (χ0) is 22.8. The molecule has 7 nitrogen and oxygen atoms in total. The Kier molecular flexibility index (Phi) is 6.66. The van der Waals surface area contributed by atoms with Gasteiger partial charge in [-0.2, -0.15) is 0 Å². The van der Waals surface area contributed by atoms with Crippen LogP contribution in [0.5, 0.6) is 5.75 Å². The lowest BCUT2D eigenvalue weighted by molar-refractivity contribution is -0.118. The SMILES string of the molecule is CCC(=O)N(c1nnc(SCC(=O)c2cc(C)n(-c3ccc(OC)cc3)c2C)s1)C1CC1. The third-order valence-corrected chi connectivity index (χ3v) is 7.53. The lowest BCUT2D eigenvalue weighted by atomic mass is 10.2. The molecule has 1 aromatic carbocycles. The van der Waals surface area contributed by atoms with Crippen LogP contribution >= 0.6 is 23.1 Å². The van der Waals surface area contributed by atoms with Crippen LogP contribution in [0.2, 0.25) is 0 Å². The molecular formula is C23H26N4O3S2. The van der Waals surface area contributed by atoms with E-state index < -0.39 is 0 Å². The van der Waals surface area contributed by atoms with E-state index in [1.54, 1.807) is 12.0 Å². The number of amides is 1. The van der Waals surface area contributed by atoms with Gasteiger partial charge >= 0.3 is 0 Å². The van der Waals surface area contributed by atoms with Gasteiger partial charge in [0.25, 0.3) is 0 Å². The maximum Gasteiger partial charge on any atom is 0.228 e. The summed E-state index contributed by atoms with van der Waals surface area (Å²) >= 11 is 2.75. The second-order valence-electron chi connectivity index (χ2n) is 7.73. The average Bonchev–Trinajstić information content (AvgIpc) is 3.44. The van der Waals surface area contributed by atoms with E-state index in [0.717, 1.165) is 35.7 Å². The Morgan fingerprint density at radius 3 is 2.56 bits per heavy atom. The third-order valence-electron chi connectivity index (χ3n) is 5.47. The highest BCUT2D eigenvalue weighted by atomic mass is 32.2. The van der Waals surface area contributed by atoms with E-state index >= 15 is 0 Å². The summed E-state index contributed by atoms with van der Waals surface area (Å²) in [5, 5.41) is 9.05. The molecule has 4 rings (SSSR count). The van der Waals surface area contributed by atoms with Gasteiger partial charge < -0.3 is 9.30 Å². The van der Waals surface area contributed by atoms with E-state index in [4.69, 9.17) is 4.74 Å². The summed E-state index contributed by atoms with van der Waals surface area (Å²) in [7, 11) is 1.64. The first kappa shape index (κ1) is 22.5. The molecule has 1 amide bonds. The van der Waals surface area contributed by atoms with Crippen LogP contribution in [0, 0.1) is 13.8 Å². The molecule has 0 N–H and O–H groups in total. The first-order chi connectivity index (χ1) is 15.4. The van der Waals surface area contributed by atoms with Gasteiger partial charge in [0, 0.05) is 35.1 Å². The van der Waals surface area contributed by atoms with Crippen molar-refractivity contribution in [3.05, 3.63) is 47.3 Å². The monoisotopic (exact) mass is 470 g/mol. The van der Waals surface area contributed by atoms with Crippen LogP contribution in [0.25, 0.3) is 5.69 Å². The molecule has 0 atom stereocenters. The standard InChI is InChI=1S/C23H26N4O3S2/c1-5-21(29)27(17-6-7-17)22-24-25-23(32-22)31-13-20(28)19-12-14(2)26(15(19)3)16-8-10-18(30-4)11-9-16/h8-12,17H,5-7,13H2,1-4H3. The van der Waals surface area contributed by atoms with Crippen molar-refractivity contribution in [3.63, 3.8) is 0 Å². The van der Waals surface area contributed by atoms with E-state index in [0.29, 0.717) is 21.5 Å². The maximum absolute atomic E-state index is 13.0. The van der Waals surface area contributed by atoms with Crippen LogP contribution < -0.4 is 9.64 Å². The van der Waals surface area contributed by atoms with Crippen LogP contribution in [0.4, 0.5) is 5.13 Å². The van der Waals surface area contributed by atoms with Crippen LogP contribution in [0.15, 0.2) is 34.7 Å². The number of hydrogen-bond donors (Lipinski definition) is 0. The van der Waals surface area contributed by atoms with Crippen LogP contribution in [0.1, 0.15) is 47.9 Å². The Bertz CT molecular complexity index is 1130. The van der Waals surface area contributed by atoms with Gasteiger partial charge in [-0.15, -0.1) is 10.2 Å². The summed E-state index contributed by atoms with van der Waals surface area (Å²) in [6.07, 6.45) is 2.47. The number of benzene rings is 1. The van der Waals surface area contributed by atoms with E-state index in [1.807, 2.05) is 51.1 Å². The normalized spacial score (nSPS) is 13.2. The Morgan fingerprint density at radius 1 is 1.22 bits per heavy atom. The molecule has 2 heterocycles. The summed E-state index contributed by atoms with van der Waals surface area (Å²) in [6.45, 7) is 5.81. The van der Waals surface area contributed by atoms with Crippen molar-refractivity contribution >= 4 is 39.9 Å². The molecule has 0 spiro atoms. The molecule has 168 valence electrons. The molecule has 0 saturated heterocycles. The van der Waals surface area contributed by atoms with Gasteiger partial charge in [0.1, 0.15) is 5.75 Å². The first-order valence-corrected chi connectivity index (χ1v) is 12.4. The first-order valence-electron chi connectivity index (χ1n) is 10.6. The van der Waals surface area contributed by atoms with Gasteiger partial charge in [0.2, 0.25) is 11.0 Å². The summed E-state index contributed by atoms with van der Waals surface area (Å²) in [6, 6.07) is 9.96. The predicted molar refractivity (Wildman–Crippen MR) is 128 cm³/mol. The van der Waals surface area contributed by atoms with Crippen molar-refractivity contribution in [2.24, 2.45) is 0 Å². The number of carbonyl (C=O) groups excluding carboxylic acids is 2. The fourth-order valence-corrected chi connectivity index (χ4v) is 5.52. The molecule has 1 aliphatic carbocycles. The van der Waals surface area contributed by atoms with Crippen molar-refractivity contribution in [1.82, 2.24) is 14.8 Å². The molecule has 3 aromatic rings. The number of nitrogens with zero attached hydrogens (tertiary/aromatic N) is 4. The van der Waals surface area contributed by atoms with Crippen molar-refractivity contribution in [1.29, 1.82) is 0 Å². The van der Waals surface area contributed by atoms with Crippen molar-refractivity contribution in [2.45, 2.75) is 50.4 Å². The lowest BCUT2D eigenvalue weighted by Gasteiger charge is -2.17. The third kappa shape index (κ3) is 4.59. The Hall–Kier alpha value is -2.65. The number of methoxy groups -OCH3 is 1. The number of thioether (sulfide) groups is 1. The number of Topliss-reactive ketones (excluding diaryl/α,β-unsaturated/α-hetero) is 1. The smallest absolute Gasteiger partial charge is 0.228 e.